The van der Waals surface area contributed by atoms with Crippen molar-refractivity contribution in [3.05, 3.63) is 35.2 Å². The molecule has 0 bridgehead atoms. The number of carbonyl (C=O) groups is 1. The lowest BCUT2D eigenvalue weighted by Crippen LogP contribution is -2.15. The Morgan fingerprint density at radius 1 is 1.30 bits per heavy atom. The van der Waals surface area contributed by atoms with E-state index in [0.29, 0.717) is 18.0 Å². The van der Waals surface area contributed by atoms with Crippen molar-refractivity contribution in [3.63, 3.8) is 0 Å². The summed E-state index contributed by atoms with van der Waals surface area (Å²) >= 11 is 1.32. The Kier molecular flexibility index (Phi) is 5.90. The lowest BCUT2D eigenvalue weighted by atomic mass is 10.1. The number of nitrogens with one attached hydrogen (secondary N) is 1. The lowest BCUT2D eigenvalue weighted by molar-refractivity contribution is -0.113. The highest BCUT2D eigenvalue weighted by atomic mass is 32.2. The molecule has 0 unspecified atom stereocenters. The number of hydrogen-bond acceptors (Lipinski definition) is 6. The average molecular weight is 409 g/mol. The first-order chi connectivity index (χ1) is 12.7. The van der Waals surface area contributed by atoms with Crippen molar-refractivity contribution in [2.24, 2.45) is 13.0 Å². The Hall–Kier alpha value is -1.87. The Bertz CT molecular complexity index is 954. The van der Waals surface area contributed by atoms with Crippen LogP contribution in [0.15, 0.2) is 23.4 Å². The zero-order chi connectivity index (χ0) is 19.6. The van der Waals surface area contributed by atoms with Crippen LogP contribution in [-0.2, 0) is 28.1 Å². The molecule has 146 valence electrons. The fourth-order valence-electron chi connectivity index (χ4n) is 3.09. The highest BCUT2D eigenvalue weighted by Gasteiger charge is 2.29. The Morgan fingerprint density at radius 3 is 2.74 bits per heavy atom. The summed E-state index contributed by atoms with van der Waals surface area (Å²) in [7, 11) is -1.04. The molecule has 2 aromatic rings. The number of hydrogen-bond donors (Lipinski definition) is 1. The van der Waals surface area contributed by atoms with Gasteiger partial charge >= 0.3 is 0 Å². The van der Waals surface area contributed by atoms with Crippen molar-refractivity contribution in [2.45, 2.75) is 31.8 Å². The van der Waals surface area contributed by atoms with Gasteiger partial charge in [-0.25, -0.2) is 8.42 Å². The predicted octanol–water partition coefficient (Wildman–Crippen LogP) is 2.14. The van der Waals surface area contributed by atoms with Gasteiger partial charge in [-0.1, -0.05) is 17.8 Å². The van der Waals surface area contributed by atoms with Crippen molar-refractivity contribution in [1.82, 2.24) is 14.8 Å². The Balaban J connectivity index is 1.54. The molecule has 9 heteroatoms. The molecular weight excluding hydrogens is 384 g/mol. The summed E-state index contributed by atoms with van der Waals surface area (Å²) < 4.78 is 25.0. The van der Waals surface area contributed by atoms with Crippen LogP contribution in [0.4, 0.5) is 5.69 Å². The minimum absolute atomic E-state index is 0.101. The molecule has 2 heterocycles. The van der Waals surface area contributed by atoms with Crippen LogP contribution in [0.3, 0.4) is 0 Å². The van der Waals surface area contributed by atoms with Gasteiger partial charge in [-0.05, 0) is 49.4 Å². The minimum atomic E-state index is -2.89. The summed E-state index contributed by atoms with van der Waals surface area (Å²) in [5.74, 6) is 1.47. The van der Waals surface area contributed by atoms with Crippen LogP contribution < -0.4 is 5.32 Å². The summed E-state index contributed by atoms with van der Waals surface area (Å²) in [6, 6.07) is 5.82. The van der Waals surface area contributed by atoms with Gasteiger partial charge < -0.3 is 9.88 Å². The van der Waals surface area contributed by atoms with E-state index in [1.807, 2.05) is 43.7 Å². The number of thioether (sulfide) groups is 1. The number of anilines is 1. The SMILES string of the molecule is Cc1ccc(NC(=O)CSc2nnc(C[C@H]3CCS(=O)(=O)C3)n2C)cc1C. The topological polar surface area (TPSA) is 94.0 Å². The molecule has 0 radical (unpaired) electrons. The molecule has 1 aliphatic rings. The maximum absolute atomic E-state index is 12.2. The first-order valence-electron chi connectivity index (χ1n) is 8.82. The zero-order valence-corrected chi connectivity index (χ0v) is 17.4. The summed E-state index contributed by atoms with van der Waals surface area (Å²) in [6.45, 7) is 4.04. The molecule has 7 nitrogen and oxygen atoms in total. The standard InChI is InChI=1S/C18H24N4O3S2/c1-12-4-5-15(8-13(12)2)19-17(23)10-26-18-21-20-16(22(18)3)9-14-6-7-27(24,25)11-14/h4-5,8,14H,6-7,9-11H2,1-3H3,(H,19,23)/t14-/m1/s1. The maximum atomic E-state index is 12.2. The molecule has 1 N–H and O–H groups in total. The normalized spacial score (nSPS) is 18.6. The fourth-order valence-corrected chi connectivity index (χ4v) is 5.68. The van der Waals surface area contributed by atoms with Gasteiger partial charge in [-0.2, -0.15) is 0 Å². The Morgan fingerprint density at radius 2 is 2.07 bits per heavy atom. The van der Waals surface area contributed by atoms with Gasteiger partial charge in [0.2, 0.25) is 5.91 Å². The van der Waals surface area contributed by atoms with E-state index < -0.39 is 9.84 Å². The predicted molar refractivity (Wildman–Crippen MR) is 107 cm³/mol. The third-order valence-corrected chi connectivity index (χ3v) is 7.70. The van der Waals surface area contributed by atoms with Gasteiger partial charge in [0.15, 0.2) is 15.0 Å². The number of amides is 1. The van der Waals surface area contributed by atoms with E-state index in [1.54, 1.807) is 0 Å². The number of rotatable bonds is 6. The van der Waals surface area contributed by atoms with Gasteiger partial charge in [-0.3, -0.25) is 4.79 Å². The lowest BCUT2D eigenvalue weighted by Gasteiger charge is -2.08. The van der Waals surface area contributed by atoms with Crippen LogP contribution in [-0.4, -0.2) is 46.3 Å². The van der Waals surface area contributed by atoms with Crippen LogP contribution in [0.2, 0.25) is 0 Å². The molecule has 1 saturated heterocycles. The van der Waals surface area contributed by atoms with Crippen LogP contribution in [0.25, 0.3) is 0 Å². The van der Waals surface area contributed by atoms with Crippen molar-refractivity contribution < 1.29 is 13.2 Å². The number of aryl methyl sites for hydroxylation is 2. The summed E-state index contributed by atoms with van der Waals surface area (Å²) in [5, 5.41) is 11.9. The number of carbonyl (C=O) groups excluding carboxylic acids is 1. The zero-order valence-electron chi connectivity index (χ0n) is 15.7. The minimum Gasteiger partial charge on any atom is -0.325 e. The largest absolute Gasteiger partial charge is 0.325 e. The summed E-state index contributed by atoms with van der Waals surface area (Å²) in [5.41, 5.74) is 3.10. The summed E-state index contributed by atoms with van der Waals surface area (Å²) in [4.78, 5) is 12.2. The molecule has 1 atom stereocenters. The van der Waals surface area contributed by atoms with Crippen molar-refractivity contribution in [1.29, 1.82) is 0 Å². The van der Waals surface area contributed by atoms with Crippen LogP contribution in [0.1, 0.15) is 23.4 Å². The quantitative estimate of drug-likeness (QED) is 0.736. The second kappa shape index (κ2) is 8.02. The number of aromatic nitrogens is 3. The van der Waals surface area contributed by atoms with E-state index in [4.69, 9.17) is 0 Å². The van der Waals surface area contributed by atoms with Crippen molar-refractivity contribution in [3.8, 4) is 0 Å². The summed E-state index contributed by atoms with van der Waals surface area (Å²) in [6.07, 6.45) is 1.27. The van der Waals surface area contributed by atoms with E-state index in [2.05, 4.69) is 15.5 Å². The maximum Gasteiger partial charge on any atom is 0.234 e. The molecule has 1 aromatic heterocycles. The molecule has 3 rings (SSSR count). The third kappa shape index (κ3) is 5.10. The van der Waals surface area contributed by atoms with Gasteiger partial charge in [0.25, 0.3) is 0 Å². The third-order valence-electron chi connectivity index (χ3n) is 4.85. The molecule has 1 amide bonds. The second-order valence-corrected chi connectivity index (χ2v) is 10.2. The van der Waals surface area contributed by atoms with E-state index in [-0.39, 0.29) is 29.1 Å². The monoisotopic (exact) mass is 408 g/mol. The molecule has 1 fully saturated rings. The number of sulfone groups is 1. The van der Waals surface area contributed by atoms with E-state index in [1.165, 1.54) is 17.3 Å². The van der Waals surface area contributed by atoms with E-state index in [9.17, 15) is 13.2 Å². The molecule has 27 heavy (non-hydrogen) atoms. The van der Waals surface area contributed by atoms with Gasteiger partial charge in [0.1, 0.15) is 5.82 Å². The first kappa shape index (κ1) is 19.9. The smallest absolute Gasteiger partial charge is 0.234 e. The highest BCUT2D eigenvalue weighted by Crippen LogP contribution is 2.24. The van der Waals surface area contributed by atoms with E-state index in [0.717, 1.165) is 17.1 Å². The van der Waals surface area contributed by atoms with Crippen LogP contribution in [0.5, 0.6) is 0 Å². The molecule has 1 aliphatic heterocycles. The van der Waals surface area contributed by atoms with Crippen LogP contribution in [0, 0.1) is 19.8 Å². The van der Waals surface area contributed by atoms with Gasteiger partial charge in [0.05, 0.1) is 17.3 Å². The second-order valence-electron chi connectivity index (χ2n) is 7.07. The molecule has 0 saturated carbocycles. The Labute approximate surface area is 163 Å². The van der Waals surface area contributed by atoms with Crippen LogP contribution >= 0.6 is 11.8 Å². The van der Waals surface area contributed by atoms with Gasteiger partial charge in [0, 0.05) is 19.2 Å². The van der Waals surface area contributed by atoms with Crippen molar-refractivity contribution in [2.75, 3.05) is 22.6 Å². The number of nitrogens with zero attached hydrogens (tertiary/aromatic N) is 3. The van der Waals surface area contributed by atoms with E-state index >= 15 is 0 Å². The van der Waals surface area contributed by atoms with Crippen molar-refractivity contribution >= 4 is 33.2 Å². The molecule has 1 aromatic carbocycles. The highest BCUT2D eigenvalue weighted by molar-refractivity contribution is 7.99. The molecule has 0 spiro atoms. The number of benzene rings is 1. The molecular formula is C18H24N4O3S2. The molecule has 0 aliphatic carbocycles. The first-order valence-corrected chi connectivity index (χ1v) is 11.6. The van der Waals surface area contributed by atoms with Gasteiger partial charge in [-0.15, -0.1) is 10.2 Å². The fraction of sp³-hybridized carbons (Fsp3) is 0.500. The average Bonchev–Trinajstić information content (AvgIpc) is 3.12.